The molecule has 2 amide bonds. The van der Waals surface area contributed by atoms with Crippen molar-refractivity contribution in [2.24, 2.45) is 5.92 Å². The molecule has 25 heavy (non-hydrogen) atoms. The molecule has 1 aromatic carbocycles. The van der Waals surface area contributed by atoms with Crippen molar-refractivity contribution in [3.05, 3.63) is 29.8 Å². The molecular weight excluding hydrogens is 314 g/mol. The number of hydrogen-bond donors (Lipinski definition) is 1. The van der Waals surface area contributed by atoms with Crippen LogP contribution in [0.5, 0.6) is 0 Å². The molecule has 0 spiro atoms. The lowest BCUT2D eigenvalue weighted by Gasteiger charge is -2.39. The second kappa shape index (κ2) is 8.00. The zero-order valence-corrected chi connectivity index (χ0v) is 15.3. The Labute approximate surface area is 150 Å². The highest BCUT2D eigenvalue weighted by molar-refractivity contribution is 5.92. The summed E-state index contributed by atoms with van der Waals surface area (Å²) in [5, 5.41) is 2.96. The molecule has 1 atom stereocenters. The molecular formula is C20H29N3O2. The van der Waals surface area contributed by atoms with E-state index in [-0.39, 0.29) is 17.9 Å². The lowest BCUT2D eigenvalue weighted by atomic mass is 9.84. The number of aryl methyl sites for hydroxylation is 1. The first-order valence-corrected chi connectivity index (χ1v) is 9.38. The van der Waals surface area contributed by atoms with Gasteiger partial charge in [-0.15, -0.1) is 0 Å². The van der Waals surface area contributed by atoms with Gasteiger partial charge in [0.05, 0.1) is 6.54 Å². The van der Waals surface area contributed by atoms with E-state index >= 15 is 0 Å². The molecule has 5 heteroatoms. The molecule has 1 aliphatic heterocycles. The van der Waals surface area contributed by atoms with E-state index < -0.39 is 0 Å². The molecule has 5 nitrogen and oxygen atoms in total. The van der Waals surface area contributed by atoms with Crippen LogP contribution in [0.15, 0.2) is 24.3 Å². The molecule has 1 aromatic rings. The Morgan fingerprint density at radius 2 is 1.88 bits per heavy atom. The van der Waals surface area contributed by atoms with E-state index in [4.69, 9.17) is 0 Å². The second-order valence-electron chi connectivity index (χ2n) is 7.52. The Morgan fingerprint density at radius 1 is 1.16 bits per heavy atom. The van der Waals surface area contributed by atoms with E-state index in [1.807, 2.05) is 43.1 Å². The van der Waals surface area contributed by atoms with Crippen molar-refractivity contribution in [3.63, 3.8) is 0 Å². The van der Waals surface area contributed by atoms with Crippen LogP contribution in [0.4, 0.5) is 5.69 Å². The van der Waals surface area contributed by atoms with E-state index in [1.54, 1.807) is 0 Å². The van der Waals surface area contributed by atoms with Gasteiger partial charge in [-0.3, -0.25) is 14.5 Å². The third-order valence-electron chi connectivity index (χ3n) is 5.53. The van der Waals surface area contributed by atoms with E-state index in [2.05, 4.69) is 10.2 Å². The van der Waals surface area contributed by atoms with E-state index in [9.17, 15) is 9.59 Å². The average Bonchev–Trinajstić information content (AvgIpc) is 2.55. The predicted molar refractivity (Wildman–Crippen MR) is 99.4 cm³/mol. The fourth-order valence-electron chi connectivity index (χ4n) is 3.65. The van der Waals surface area contributed by atoms with Gasteiger partial charge in [-0.25, -0.2) is 0 Å². The van der Waals surface area contributed by atoms with Gasteiger partial charge in [0.25, 0.3) is 0 Å². The molecule has 2 fully saturated rings. The first-order chi connectivity index (χ1) is 12.0. The lowest BCUT2D eigenvalue weighted by Crippen LogP contribution is -2.51. The van der Waals surface area contributed by atoms with E-state index in [0.29, 0.717) is 12.5 Å². The minimum Gasteiger partial charge on any atom is -0.341 e. The molecule has 136 valence electrons. The van der Waals surface area contributed by atoms with Gasteiger partial charge in [-0.2, -0.15) is 0 Å². The summed E-state index contributed by atoms with van der Waals surface area (Å²) in [6.45, 7) is 4.12. The van der Waals surface area contributed by atoms with Crippen LogP contribution in [-0.4, -0.2) is 54.3 Å². The van der Waals surface area contributed by atoms with Crippen LogP contribution < -0.4 is 5.32 Å². The van der Waals surface area contributed by atoms with Gasteiger partial charge < -0.3 is 10.2 Å². The highest BCUT2D eigenvalue weighted by Gasteiger charge is 2.33. The summed E-state index contributed by atoms with van der Waals surface area (Å²) in [5.74, 6) is 0.546. The minimum absolute atomic E-state index is 0.0116. The van der Waals surface area contributed by atoms with Crippen molar-refractivity contribution >= 4 is 17.5 Å². The molecule has 1 saturated heterocycles. The summed E-state index contributed by atoms with van der Waals surface area (Å²) in [4.78, 5) is 28.9. The van der Waals surface area contributed by atoms with Crippen LogP contribution >= 0.6 is 0 Å². The van der Waals surface area contributed by atoms with Crippen molar-refractivity contribution in [1.82, 2.24) is 9.80 Å². The first kappa shape index (κ1) is 17.9. The van der Waals surface area contributed by atoms with Crippen molar-refractivity contribution < 1.29 is 9.59 Å². The normalized spacial score (nSPS) is 21.4. The molecule has 1 saturated carbocycles. The number of likely N-dealkylation sites (N-methyl/N-ethyl adjacent to an activating group) is 1. The topological polar surface area (TPSA) is 52.7 Å². The maximum atomic E-state index is 12.5. The van der Waals surface area contributed by atoms with Crippen LogP contribution in [-0.2, 0) is 9.59 Å². The Bertz CT molecular complexity index is 610. The summed E-state index contributed by atoms with van der Waals surface area (Å²) in [6, 6.07) is 8.07. The maximum Gasteiger partial charge on any atom is 0.238 e. The van der Waals surface area contributed by atoms with E-state index in [0.717, 1.165) is 44.5 Å². The van der Waals surface area contributed by atoms with Gasteiger partial charge in [-0.1, -0.05) is 24.1 Å². The molecule has 3 rings (SSSR count). The predicted octanol–water partition coefficient (Wildman–Crippen LogP) is 2.66. The van der Waals surface area contributed by atoms with Gasteiger partial charge in [0.2, 0.25) is 11.8 Å². The number of likely N-dealkylation sites (tertiary alicyclic amines) is 1. The van der Waals surface area contributed by atoms with Crippen LogP contribution in [0.2, 0.25) is 0 Å². The van der Waals surface area contributed by atoms with Gasteiger partial charge in [0, 0.05) is 31.2 Å². The molecule has 2 aliphatic rings. The van der Waals surface area contributed by atoms with Crippen LogP contribution in [0.3, 0.4) is 0 Å². The largest absolute Gasteiger partial charge is 0.341 e. The zero-order chi connectivity index (χ0) is 17.8. The number of nitrogens with zero attached hydrogens (tertiary/aromatic N) is 2. The lowest BCUT2D eigenvalue weighted by molar-refractivity contribution is -0.140. The monoisotopic (exact) mass is 343 g/mol. The summed E-state index contributed by atoms with van der Waals surface area (Å²) in [7, 11) is 1.93. The van der Waals surface area contributed by atoms with Gasteiger partial charge in [0.1, 0.15) is 0 Å². The molecule has 0 aromatic heterocycles. The Balaban J connectivity index is 1.49. The summed E-state index contributed by atoms with van der Waals surface area (Å²) >= 11 is 0. The molecule has 1 heterocycles. The number of benzene rings is 1. The standard InChI is InChI=1S/C20H29N3O2/c1-15-8-10-17(11-9-15)21-19(24)14-23-12-4-7-18(13-23)22(2)20(25)16-5-3-6-16/h8-11,16,18H,3-7,12-14H2,1-2H3,(H,21,24). The summed E-state index contributed by atoms with van der Waals surface area (Å²) < 4.78 is 0. The van der Waals surface area contributed by atoms with E-state index in [1.165, 1.54) is 12.0 Å². The first-order valence-electron chi connectivity index (χ1n) is 9.38. The zero-order valence-electron chi connectivity index (χ0n) is 15.3. The van der Waals surface area contributed by atoms with Crippen LogP contribution in [0.25, 0.3) is 0 Å². The number of carbonyl (C=O) groups is 2. The third-order valence-corrected chi connectivity index (χ3v) is 5.53. The molecule has 1 aliphatic carbocycles. The summed E-state index contributed by atoms with van der Waals surface area (Å²) in [6.07, 6.45) is 5.33. The van der Waals surface area contributed by atoms with Gasteiger partial charge >= 0.3 is 0 Å². The number of nitrogens with one attached hydrogen (secondary N) is 1. The number of amides is 2. The quantitative estimate of drug-likeness (QED) is 0.894. The number of anilines is 1. The fraction of sp³-hybridized carbons (Fsp3) is 0.600. The fourth-order valence-corrected chi connectivity index (χ4v) is 3.65. The highest BCUT2D eigenvalue weighted by Crippen LogP contribution is 2.29. The van der Waals surface area contributed by atoms with Crippen molar-refractivity contribution in [2.45, 2.75) is 45.1 Å². The Hall–Kier alpha value is -1.88. The molecule has 0 bridgehead atoms. The summed E-state index contributed by atoms with van der Waals surface area (Å²) in [5.41, 5.74) is 2.01. The van der Waals surface area contributed by atoms with Gasteiger partial charge in [0.15, 0.2) is 0 Å². The minimum atomic E-state index is 0.0116. The SMILES string of the molecule is Cc1ccc(NC(=O)CN2CCCC(N(C)C(=O)C3CCC3)C2)cc1. The van der Waals surface area contributed by atoms with Crippen molar-refractivity contribution in [1.29, 1.82) is 0 Å². The highest BCUT2D eigenvalue weighted by atomic mass is 16.2. The smallest absolute Gasteiger partial charge is 0.238 e. The second-order valence-corrected chi connectivity index (χ2v) is 7.52. The van der Waals surface area contributed by atoms with Crippen molar-refractivity contribution in [2.75, 3.05) is 32.0 Å². The number of piperidine rings is 1. The van der Waals surface area contributed by atoms with Gasteiger partial charge in [-0.05, 0) is 51.3 Å². The molecule has 1 N–H and O–H groups in total. The number of carbonyl (C=O) groups excluding carboxylic acids is 2. The van der Waals surface area contributed by atoms with Crippen molar-refractivity contribution in [3.8, 4) is 0 Å². The number of rotatable bonds is 5. The Kier molecular flexibility index (Phi) is 5.74. The maximum absolute atomic E-state index is 12.5. The number of hydrogen-bond acceptors (Lipinski definition) is 3. The van der Waals surface area contributed by atoms with Crippen LogP contribution in [0.1, 0.15) is 37.7 Å². The molecule has 0 radical (unpaired) electrons. The molecule has 1 unspecified atom stereocenters. The Morgan fingerprint density at radius 3 is 2.52 bits per heavy atom. The van der Waals surface area contributed by atoms with Crippen LogP contribution in [0, 0.1) is 12.8 Å². The average molecular weight is 343 g/mol. The third kappa shape index (κ3) is 4.60.